The minimum atomic E-state index is 0.365. The number of nitrogens with zero attached hydrogens (tertiary/aromatic N) is 1. The highest BCUT2D eigenvalue weighted by Crippen LogP contribution is 2.12. The van der Waals surface area contributed by atoms with Gasteiger partial charge >= 0.3 is 0 Å². The fraction of sp³-hybridized carbons (Fsp3) is 0.917. The van der Waals surface area contributed by atoms with Crippen LogP contribution in [0.3, 0.4) is 0 Å². The van der Waals surface area contributed by atoms with Gasteiger partial charge in [-0.15, -0.1) is 0 Å². The molecular formula is C12H24N2O. The van der Waals surface area contributed by atoms with Crippen LogP contribution in [0.1, 0.15) is 45.4 Å². The zero-order valence-corrected chi connectivity index (χ0v) is 10.1. The van der Waals surface area contributed by atoms with Crippen LogP contribution < -0.4 is 5.32 Å². The Morgan fingerprint density at radius 2 is 2.20 bits per heavy atom. The van der Waals surface area contributed by atoms with Crippen LogP contribution in [-0.4, -0.2) is 37.0 Å². The zero-order valence-electron chi connectivity index (χ0n) is 10.1. The Bertz CT molecular complexity index is 194. The zero-order chi connectivity index (χ0) is 11.1. The molecule has 1 unspecified atom stereocenters. The van der Waals surface area contributed by atoms with Gasteiger partial charge in [0.1, 0.15) is 0 Å². The van der Waals surface area contributed by atoms with E-state index in [4.69, 9.17) is 0 Å². The summed E-state index contributed by atoms with van der Waals surface area (Å²) in [7, 11) is 1.99. The topological polar surface area (TPSA) is 32.3 Å². The van der Waals surface area contributed by atoms with Gasteiger partial charge in [-0.3, -0.25) is 4.79 Å². The fourth-order valence-electron chi connectivity index (χ4n) is 2.01. The number of nitrogens with one attached hydrogen (secondary N) is 1. The maximum atomic E-state index is 11.7. The lowest BCUT2D eigenvalue weighted by atomic mass is 10.2. The molecule has 1 amide bonds. The Hall–Kier alpha value is -0.570. The molecule has 0 bridgehead atoms. The first kappa shape index (κ1) is 12.5. The van der Waals surface area contributed by atoms with Crippen molar-refractivity contribution in [3.05, 3.63) is 0 Å². The predicted molar refractivity (Wildman–Crippen MR) is 62.8 cm³/mol. The first-order valence-electron chi connectivity index (χ1n) is 6.19. The van der Waals surface area contributed by atoms with E-state index in [0.29, 0.717) is 11.9 Å². The molecule has 1 N–H and O–H groups in total. The molecule has 0 aromatic rings. The van der Waals surface area contributed by atoms with E-state index in [1.807, 2.05) is 7.05 Å². The van der Waals surface area contributed by atoms with Crippen LogP contribution in [-0.2, 0) is 4.79 Å². The van der Waals surface area contributed by atoms with Crippen molar-refractivity contribution in [1.29, 1.82) is 0 Å². The van der Waals surface area contributed by atoms with Gasteiger partial charge in [0, 0.05) is 25.6 Å². The molecule has 15 heavy (non-hydrogen) atoms. The lowest BCUT2D eigenvalue weighted by molar-refractivity contribution is -0.130. The SMILES string of the molecule is CNC(C)CCCN1CCCCCC1=O. The number of carbonyl (C=O) groups is 1. The van der Waals surface area contributed by atoms with Crippen LogP contribution in [0, 0.1) is 0 Å². The molecule has 1 saturated heterocycles. The summed E-state index contributed by atoms with van der Waals surface area (Å²) < 4.78 is 0. The quantitative estimate of drug-likeness (QED) is 0.753. The molecule has 1 fully saturated rings. The minimum Gasteiger partial charge on any atom is -0.343 e. The summed E-state index contributed by atoms with van der Waals surface area (Å²) in [6, 6.07) is 0.562. The standard InChI is InChI=1S/C12H24N2O/c1-11(13-2)7-6-10-14-9-5-3-4-8-12(14)15/h11,13H,3-10H2,1-2H3. The van der Waals surface area contributed by atoms with Crippen molar-refractivity contribution in [3.8, 4) is 0 Å². The third-order valence-corrected chi connectivity index (χ3v) is 3.23. The average molecular weight is 212 g/mol. The van der Waals surface area contributed by atoms with Gasteiger partial charge in [-0.25, -0.2) is 0 Å². The molecule has 0 radical (unpaired) electrons. The second-order valence-corrected chi connectivity index (χ2v) is 4.52. The molecule has 0 aromatic heterocycles. The summed E-state index contributed by atoms with van der Waals surface area (Å²) in [5, 5.41) is 3.22. The highest BCUT2D eigenvalue weighted by molar-refractivity contribution is 5.76. The number of hydrogen-bond donors (Lipinski definition) is 1. The van der Waals surface area contributed by atoms with Crippen molar-refractivity contribution in [3.63, 3.8) is 0 Å². The van der Waals surface area contributed by atoms with E-state index in [9.17, 15) is 4.79 Å². The Morgan fingerprint density at radius 1 is 1.40 bits per heavy atom. The summed E-state index contributed by atoms with van der Waals surface area (Å²) in [4.78, 5) is 13.7. The highest BCUT2D eigenvalue weighted by Gasteiger charge is 2.15. The molecule has 3 heteroatoms. The summed E-state index contributed by atoms with van der Waals surface area (Å²) >= 11 is 0. The Kier molecular flexibility index (Phi) is 5.69. The van der Waals surface area contributed by atoms with Gasteiger partial charge in [-0.05, 0) is 39.7 Å². The van der Waals surface area contributed by atoms with E-state index in [1.54, 1.807) is 0 Å². The van der Waals surface area contributed by atoms with Gasteiger partial charge in [-0.1, -0.05) is 6.42 Å². The first-order valence-corrected chi connectivity index (χ1v) is 6.19. The Labute approximate surface area is 93.2 Å². The average Bonchev–Trinajstić information content (AvgIpc) is 2.44. The van der Waals surface area contributed by atoms with E-state index >= 15 is 0 Å². The van der Waals surface area contributed by atoms with Gasteiger partial charge < -0.3 is 10.2 Å². The molecule has 0 aliphatic carbocycles. The van der Waals surface area contributed by atoms with Crippen LogP contribution in [0.25, 0.3) is 0 Å². The lowest BCUT2D eigenvalue weighted by Gasteiger charge is -2.21. The lowest BCUT2D eigenvalue weighted by Crippen LogP contribution is -2.32. The Balaban J connectivity index is 2.20. The predicted octanol–water partition coefficient (Wildman–Crippen LogP) is 1.78. The molecule has 0 saturated carbocycles. The van der Waals surface area contributed by atoms with Gasteiger partial charge in [0.2, 0.25) is 5.91 Å². The van der Waals surface area contributed by atoms with Crippen LogP contribution in [0.15, 0.2) is 0 Å². The minimum absolute atomic E-state index is 0.365. The molecule has 0 spiro atoms. The summed E-state index contributed by atoms with van der Waals surface area (Å²) in [5.41, 5.74) is 0. The third kappa shape index (κ3) is 4.65. The van der Waals surface area contributed by atoms with Crippen molar-refractivity contribution in [2.24, 2.45) is 0 Å². The maximum Gasteiger partial charge on any atom is 0.222 e. The molecule has 1 atom stereocenters. The van der Waals surface area contributed by atoms with Gasteiger partial charge in [0.15, 0.2) is 0 Å². The van der Waals surface area contributed by atoms with Crippen molar-refractivity contribution >= 4 is 5.91 Å². The summed E-state index contributed by atoms with van der Waals surface area (Å²) in [5.74, 6) is 0.365. The van der Waals surface area contributed by atoms with Crippen LogP contribution in [0.5, 0.6) is 0 Å². The molecule has 1 heterocycles. The number of hydrogen-bond acceptors (Lipinski definition) is 2. The van der Waals surface area contributed by atoms with E-state index in [1.165, 1.54) is 12.8 Å². The van der Waals surface area contributed by atoms with E-state index in [2.05, 4.69) is 17.1 Å². The number of amides is 1. The second kappa shape index (κ2) is 6.83. The number of likely N-dealkylation sites (tertiary alicyclic amines) is 1. The normalized spacial score (nSPS) is 20.1. The molecule has 3 nitrogen and oxygen atoms in total. The van der Waals surface area contributed by atoms with Gasteiger partial charge in [0.25, 0.3) is 0 Å². The number of carbonyl (C=O) groups excluding carboxylic acids is 1. The number of rotatable bonds is 5. The smallest absolute Gasteiger partial charge is 0.222 e. The molecule has 0 aromatic carbocycles. The van der Waals surface area contributed by atoms with Crippen LogP contribution >= 0.6 is 0 Å². The van der Waals surface area contributed by atoms with Crippen molar-refractivity contribution in [2.45, 2.75) is 51.5 Å². The van der Waals surface area contributed by atoms with E-state index < -0.39 is 0 Å². The summed E-state index contributed by atoms with van der Waals surface area (Å²) in [6.45, 7) is 4.11. The third-order valence-electron chi connectivity index (χ3n) is 3.23. The molecule has 1 aliphatic heterocycles. The van der Waals surface area contributed by atoms with Gasteiger partial charge in [-0.2, -0.15) is 0 Å². The maximum absolute atomic E-state index is 11.7. The fourth-order valence-corrected chi connectivity index (χ4v) is 2.01. The first-order chi connectivity index (χ1) is 7.24. The molecule has 1 aliphatic rings. The molecule has 88 valence electrons. The van der Waals surface area contributed by atoms with Crippen LogP contribution in [0.4, 0.5) is 0 Å². The van der Waals surface area contributed by atoms with Gasteiger partial charge in [0.05, 0.1) is 0 Å². The molecular weight excluding hydrogens is 188 g/mol. The monoisotopic (exact) mass is 212 g/mol. The van der Waals surface area contributed by atoms with E-state index in [0.717, 1.165) is 38.8 Å². The van der Waals surface area contributed by atoms with Crippen LogP contribution in [0.2, 0.25) is 0 Å². The molecule has 1 rings (SSSR count). The second-order valence-electron chi connectivity index (χ2n) is 4.52. The van der Waals surface area contributed by atoms with Crippen molar-refractivity contribution in [2.75, 3.05) is 20.1 Å². The van der Waals surface area contributed by atoms with E-state index in [-0.39, 0.29) is 0 Å². The Morgan fingerprint density at radius 3 is 2.93 bits per heavy atom. The largest absolute Gasteiger partial charge is 0.343 e. The highest BCUT2D eigenvalue weighted by atomic mass is 16.2. The van der Waals surface area contributed by atoms with Crippen molar-refractivity contribution in [1.82, 2.24) is 10.2 Å². The van der Waals surface area contributed by atoms with Crippen molar-refractivity contribution < 1.29 is 4.79 Å². The summed E-state index contributed by atoms with van der Waals surface area (Å²) in [6.07, 6.45) is 6.53.